The van der Waals surface area contributed by atoms with Crippen molar-refractivity contribution in [1.82, 2.24) is 10.1 Å². The van der Waals surface area contributed by atoms with Crippen LogP contribution in [0.2, 0.25) is 0 Å². The molecule has 2 heterocycles. The monoisotopic (exact) mass is 279 g/mol. The Labute approximate surface area is 113 Å². The number of phenolic OH excluding ortho intramolecular Hbond substituents is 1. The summed E-state index contributed by atoms with van der Waals surface area (Å²) in [6.07, 6.45) is -0.120. The minimum atomic E-state index is -0.120. The molecular weight excluding hydrogens is 266 g/mol. The Morgan fingerprint density at radius 1 is 1.42 bits per heavy atom. The summed E-state index contributed by atoms with van der Waals surface area (Å²) in [5, 5.41) is 13.3. The second kappa shape index (κ2) is 5.10. The van der Waals surface area contributed by atoms with Crippen LogP contribution in [-0.2, 0) is 4.74 Å². The summed E-state index contributed by atoms with van der Waals surface area (Å²) >= 11 is 1.81. The molecule has 3 N–H and O–H groups in total. The van der Waals surface area contributed by atoms with Crippen molar-refractivity contribution in [1.29, 1.82) is 0 Å². The van der Waals surface area contributed by atoms with E-state index in [2.05, 4.69) is 10.1 Å². The van der Waals surface area contributed by atoms with Crippen LogP contribution in [0, 0.1) is 0 Å². The summed E-state index contributed by atoms with van der Waals surface area (Å²) in [6.45, 7) is 0.700. The third kappa shape index (κ3) is 2.52. The second-order valence-electron chi connectivity index (χ2n) is 4.17. The molecule has 1 atom stereocenters. The van der Waals surface area contributed by atoms with Crippen LogP contribution >= 0.6 is 11.8 Å². The number of benzene rings is 1. The third-order valence-electron chi connectivity index (χ3n) is 2.82. The van der Waals surface area contributed by atoms with E-state index in [0.717, 1.165) is 11.5 Å². The maximum absolute atomic E-state index is 9.39. The lowest BCUT2D eigenvalue weighted by molar-refractivity contribution is 0.0677. The zero-order chi connectivity index (χ0) is 13.2. The lowest BCUT2D eigenvalue weighted by Gasteiger charge is -2.18. The molecule has 0 spiro atoms. The van der Waals surface area contributed by atoms with Crippen molar-refractivity contribution in [2.45, 2.75) is 6.10 Å². The highest BCUT2D eigenvalue weighted by Crippen LogP contribution is 2.29. The maximum atomic E-state index is 9.39. The lowest BCUT2D eigenvalue weighted by Crippen LogP contribution is -2.16. The maximum Gasteiger partial charge on any atom is 0.258 e. The molecule has 1 fully saturated rings. The number of aromatic hydroxyl groups is 1. The molecule has 19 heavy (non-hydrogen) atoms. The van der Waals surface area contributed by atoms with E-state index in [1.165, 1.54) is 6.07 Å². The van der Waals surface area contributed by atoms with Gasteiger partial charge in [0.25, 0.3) is 5.89 Å². The quantitative estimate of drug-likeness (QED) is 0.639. The molecule has 2 aromatic rings. The molecule has 6 nitrogen and oxygen atoms in total. The number of aromatic nitrogens is 2. The summed E-state index contributed by atoms with van der Waals surface area (Å²) in [4.78, 5) is 4.32. The van der Waals surface area contributed by atoms with Crippen molar-refractivity contribution in [2.24, 2.45) is 0 Å². The molecule has 0 radical (unpaired) electrons. The van der Waals surface area contributed by atoms with Gasteiger partial charge >= 0.3 is 0 Å². The van der Waals surface area contributed by atoms with Gasteiger partial charge in [0.15, 0.2) is 0 Å². The molecule has 0 bridgehead atoms. The van der Waals surface area contributed by atoms with E-state index >= 15 is 0 Å². The fourth-order valence-corrected chi connectivity index (χ4v) is 2.65. The van der Waals surface area contributed by atoms with Gasteiger partial charge in [-0.15, -0.1) is 0 Å². The standard InChI is InChI=1S/C12H13N3O3S/c13-8-5-7(1-2-9(8)16)12-14-11(15-18-12)10-6-19-4-3-17-10/h1-2,5,10,16H,3-4,6,13H2. The zero-order valence-corrected chi connectivity index (χ0v) is 10.9. The number of nitrogen functional groups attached to an aromatic ring is 1. The van der Waals surface area contributed by atoms with Crippen molar-refractivity contribution in [3.63, 3.8) is 0 Å². The molecule has 1 aromatic carbocycles. The smallest absolute Gasteiger partial charge is 0.258 e. The molecule has 1 aliphatic heterocycles. The molecule has 0 saturated carbocycles. The van der Waals surface area contributed by atoms with Gasteiger partial charge < -0.3 is 20.1 Å². The zero-order valence-electron chi connectivity index (χ0n) is 10.1. The number of ether oxygens (including phenoxy) is 1. The summed E-state index contributed by atoms with van der Waals surface area (Å²) in [6, 6.07) is 4.78. The Kier molecular flexibility index (Phi) is 3.31. The van der Waals surface area contributed by atoms with Crippen molar-refractivity contribution >= 4 is 17.4 Å². The molecule has 1 aromatic heterocycles. The highest BCUT2D eigenvalue weighted by atomic mass is 32.2. The Hall–Kier alpha value is -1.73. The first kappa shape index (κ1) is 12.3. The van der Waals surface area contributed by atoms with Crippen LogP contribution in [0.1, 0.15) is 11.9 Å². The fraction of sp³-hybridized carbons (Fsp3) is 0.333. The summed E-state index contributed by atoms with van der Waals surface area (Å²) in [7, 11) is 0. The van der Waals surface area contributed by atoms with Gasteiger partial charge in [-0.05, 0) is 18.2 Å². The van der Waals surface area contributed by atoms with E-state index in [9.17, 15) is 5.11 Å². The van der Waals surface area contributed by atoms with E-state index in [1.807, 2.05) is 11.8 Å². The number of phenols is 1. The highest BCUT2D eigenvalue weighted by molar-refractivity contribution is 7.99. The Balaban J connectivity index is 1.85. The predicted octanol–water partition coefficient (Wildman–Crippen LogP) is 1.83. The van der Waals surface area contributed by atoms with Crippen LogP contribution in [-0.4, -0.2) is 33.4 Å². The highest BCUT2D eigenvalue weighted by Gasteiger charge is 2.22. The number of rotatable bonds is 2. The lowest BCUT2D eigenvalue weighted by atomic mass is 10.2. The van der Waals surface area contributed by atoms with Gasteiger partial charge in [0, 0.05) is 17.1 Å². The number of thioether (sulfide) groups is 1. The molecule has 0 aliphatic carbocycles. The number of anilines is 1. The summed E-state index contributed by atoms with van der Waals surface area (Å²) in [5.74, 6) is 2.79. The number of nitrogens with zero attached hydrogens (tertiary/aromatic N) is 2. The van der Waals surface area contributed by atoms with Crippen molar-refractivity contribution in [3.05, 3.63) is 24.0 Å². The Morgan fingerprint density at radius 2 is 2.32 bits per heavy atom. The first-order valence-electron chi connectivity index (χ1n) is 5.86. The van der Waals surface area contributed by atoms with Crippen LogP contribution in [0.15, 0.2) is 22.7 Å². The molecule has 7 heteroatoms. The third-order valence-corrected chi connectivity index (χ3v) is 3.81. The van der Waals surface area contributed by atoms with Gasteiger partial charge in [-0.1, -0.05) is 5.16 Å². The summed E-state index contributed by atoms with van der Waals surface area (Å²) < 4.78 is 10.8. The summed E-state index contributed by atoms with van der Waals surface area (Å²) in [5.41, 5.74) is 6.60. The largest absolute Gasteiger partial charge is 0.506 e. The SMILES string of the molecule is Nc1cc(-c2nc(C3CSCCO3)no2)ccc1O. The molecule has 0 amide bonds. The number of nitrogens with two attached hydrogens (primary N) is 1. The van der Waals surface area contributed by atoms with Crippen molar-refractivity contribution < 1.29 is 14.4 Å². The van der Waals surface area contributed by atoms with Gasteiger partial charge in [0.2, 0.25) is 5.82 Å². The predicted molar refractivity (Wildman–Crippen MR) is 71.8 cm³/mol. The normalized spacial score (nSPS) is 19.5. The topological polar surface area (TPSA) is 94.4 Å². The fourth-order valence-electron chi connectivity index (χ4n) is 1.81. The van der Waals surface area contributed by atoms with E-state index in [4.69, 9.17) is 15.0 Å². The van der Waals surface area contributed by atoms with Crippen LogP contribution in [0.4, 0.5) is 5.69 Å². The van der Waals surface area contributed by atoms with E-state index in [-0.39, 0.29) is 17.5 Å². The van der Waals surface area contributed by atoms with Crippen molar-refractivity contribution in [3.8, 4) is 17.2 Å². The van der Waals surface area contributed by atoms with Crippen LogP contribution in [0.3, 0.4) is 0 Å². The minimum Gasteiger partial charge on any atom is -0.506 e. The van der Waals surface area contributed by atoms with Gasteiger partial charge in [-0.25, -0.2) is 0 Å². The van der Waals surface area contributed by atoms with Gasteiger partial charge in [0.05, 0.1) is 12.3 Å². The Bertz CT molecular complexity index is 581. The average molecular weight is 279 g/mol. The van der Waals surface area contributed by atoms with Crippen molar-refractivity contribution in [2.75, 3.05) is 23.8 Å². The van der Waals surface area contributed by atoms with Gasteiger partial charge in [-0.2, -0.15) is 16.7 Å². The first-order chi connectivity index (χ1) is 9.24. The molecule has 1 saturated heterocycles. The Morgan fingerprint density at radius 3 is 3.05 bits per heavy atom. The van der Waals surface area contributed by atoms with E-state index < -0.39 is 0 Å². The van der Waals surface area contributed by atoms with Crippen LogP contribution < -0.4 is 5.73 Å². The van der Waals surface area contributed by atoms with Crippen LogP contribution in [0.5, 0.6) is 5.75 Å². The van der Waals surface area contributed by atoms with E-state index in [1.54, 1.807) is 12.1 Å². The molecule has 3 rings (SSSR count). The molecule has 1 aliphatic rings. The van der Waals surface area contributed by atoms with E-state index in [0.29, 0.717) is 23.9 Å². The minimum absolute atomic E-state index is 0.0375. The average Bonchev–Trinajstić information content (AvgIpc) is 2.93. The van der Waals surface area contributed by atoms with Gasteiger partial charge in [-0.3, -0.25) is 0 Å². The second-order valence-corrected chi connectivity index (χ2v) is 5.32. The molecule has 1 unspecified atom stereocenters. The van der Waals surface area contributed by atoms with Gasteiger partial charge in [0.1, 0.15) is 11.9 Å². The number of hydrogen-bond donors (Lipinski definition) is 2. The first-order valence-corrected chi connectivity index (χ1v) is 7.01. The van der Waals surface area contributed by atoms with Crippen LogP contribution in [0.25, 0.3) is 11.5 Å². The molecular formula is C12H13N3O3S. The number of hydrogen-bond acceptors (Lipinski definition) is 7. The molecule has 100 valence electrons.